The van der Waals surface area contributed by atoms with Crippen LogP contribution in [0.3, 0.4) is 0 Å². The fourth-order valence-electron chi connectivity index (χ4n) is 2.21. The van der Waals surface area contributed by atoms with Gasteiger partial charge in [-0.15, -0.1) is 0 Å². The standard InChI is InChI=1S/C18H22N2O2/c1-3-15-9-7-8-14(2)17(15)20-18(21)19-12-13-22-16-10-5-4-6-11-16/h4-11H,3,12-13H2,1-2H3,(H2,19,20,21). The molecule has 0 saturated carbocycles. The minimum atomic E-state index is -0.208. The molecule has 0 aliphatic heterocycles. The van der Waals surface area contributed by atoms with Gasteiger partial charge in [0.2, 0.25) is 0 Å². The lowest BCUT2D eigenvalue weighted by molar-refractivity contribution is 0.247. The van der Waals surface area contributed by atoms with E-state index in [0.717, 1.165) is 29.0 Å². The van der Waals surface area contributed by atoms with Crippen LogP contribution in [0.2, 0.25) is 0 Å². The van der Waals surface area contributed by atoms with Crippen molar-refractivity contribution in [2.75, 3.05) is 18.5 Å². The minimum absolute atomic E-state index is 0.208. The highest BCUT2D eigenvalue weighted by atomic mass is 16.5. The molecule has 0 aliphatic carbocycles. The summed E-state index contributed by atoms with van der Waals surface area (Å²) in [5, 5.41) is 5.73. The molecule has 0 radical (unpaired) electrons. The van der Waals surface area contributed by atoms with E-state index < -0.39 is 0 Å². The van der Waals surface area contributed by atoms with Crippen LogP contribution in [-0.2, 0) is 6.42 Å². The maximum atomic E-state index is 12.0. The van der Waals surface area contributed by atoms with E-state index in [1.54, 1.807) is 0 Å². The van der Waals surface area contributed by atoms with Crippen LogP contribution in [-0.4, -0.2) is 19.2 Å². The van der Waals surface area contributed by atoms with Crippen LogP contribution in [0.15, 0.2) is 48.5 Å². The van der Waals surface area contributed by atoms with E-state index in [4.69, 9.17) is 4.74 Å². The van der Waals surface area contributed by atoms with Crippen molar-refractivity contribution in [3.05, 3.63) is 59.7 Å². The van der Waals surface area contributed by atoms with Gasteiger partial charge in [-0.2, -0.15) is 0 Å². The summed E-state index contributed by atoms with van der Waals surface area (Å²) in [6.07, 6.45) is 0.883. The molecule has 0 aliphatic rings. The molecule has 2 N–H and O–H groups in total. The first-order valence-electron chi connectivity index (χ1n) is 7.52. The van der Waals surface area contributed by atoms with E-state index in [2.05, 4.69) is 17.6 Å². The Balaban J connectivity index is 1.79. The number of hydrogen-bond donors (Lipinski definition) is 2. The smallest absolute Gasteiger partial charge is 0.319 e. The van der Waals surface area contributed by atoms with Gasteiger partial charge in [0.1, 0.15) is 12.4 Å². The van der Waals surface area contributed by atoms with E-state index in [1.807, 2.05) is 55.5 Å². The van der Waals surface area contributed by atoms with Crippen molar-refractivity contribution in [1.82, 2.24) is 5.32 Å². The van der Waals surface area contributed by atoms with Gasteiger partial charge in [-0.05, 0) is 36.6 Å². The van der Waals surface area contributed by atoms with Gasteiger partial charge < -0.3 is 15.4 Å². The number of carbonyl (C=O) groups excluding carboxylic acids is 1. The summed E-state index contributed by atoms with van der Waals surface area (Å²) in [5.41, 5.74) is 3.09. The zero-order valence-corrected chi connectivity index (χ0v) is 13.1. The number of aryl methyl sites for hydroxylation is 2. The van der Waals surface area contributed by atoms with Crippen molar-refractivity contribution < 1.29 is 9.53 Å². The van der Waals surface area contributed by atoms with Crippen LogP contribution >= 0.6 is 0 Å². The maximum absolute atomic E-state index is 12.0. The molecule has 0 unspecified atom stereocenters. The van der Waals surface area contributed by atoms with Gasteiger partial charge in [0.05, 0.1) is 6.54 Å². The Hall–Kier alpha value is -2.49. The number of rotatable bonds is 6. The average molecular weight is 298 g/mol. The Morgan fingerprint density at radius 2 is 1.86 bits per heavy atom. The molecule has 0 spiro atoms. The molecular weight excluding hydrogens is 276 g/mol. The zero-order chi connectivity index (χ0) is 15.8. The summed E-state index contributed by atoms with van der Waals surface area (Å²) < 4.78 is 5.53. The van der Waals surface area contributed by atoms with Crippen molar-refractivity contribution >= 4 is 11.7 Å². The van der Waals surface area contributed by atoms with Crippen LogP contribution in [0.1, 0.15) is 18.1 Å². The summed E-state index contributed by atoms with van der Waals surface area (Å²) in [6.45, 7) is 4.96. The lowest BCUT2D eigenvalue weighted by Crippen LogP contribution is -2.32. The topological polar surface area (TPSA) is 50.4 Å². The number of nitrogens with one attached hydrogen (secondary N) is 2. The molecule has 0 bridgehead atoms. The molecule has 2 aromatic rings. The van der Waals surface area contributed by atoms with E-state index >= 15 is 0 Å². The Kier molecular flexibility index (Phi) is 5.83. The molecule has 4 nitrogen and oxygen atoms in total. The molecule has 0 saturated heterocycles. The molecule has 0 atom stereocenters. The van der Waals surface area contributed by atoms with Gasteiger partial charge in [-0.25, -0.2) is 4.79 Å². The van der Waals surface area contributed by atoms with Gasteiger partial charge in [0, 0.05) is 5.69 Å². The first kappa shape index (κ1) is 15.9. The molecule has 0 fully saturated rings. The number of amides is 2. The summed E-state index contributed by atoms with van der Waals surface area (Å²) in [4.78, 5) is 12.0. The van der Waals surface area contributed by atoms with Gasteiger partial charge in [-0.3, -0.25) is 0 Å². The summed E-state index contributed by atoms with van der Waals surface area (Å²) >= 11 is 0. The highest BCUT2D eigenvalue weighted by Gasteiger charge is 2.07. The fraction of sp³-hybridized carbons (Fsp3) is 0.278. The number of urea groups is 1. The summed E-state index contributed by atoms with van der Waals surface area (Å²) in [7, 11) is 0. The van der Waals surface area contributed by atoms with E-state index in [-0.39, 0.29) is 6.03 Å². The van der Waals surface area contributed by atoms with Crippen molar-refractivity contribution in [3.8, 4) is 5.75 Å². The summed E-state index contributed by atoms with van der Waals surface area (Å²) in [6, 6.07) is 15.4. The number of hydrogen-bond acceptors (Lipinski definition) is 2. The van der Waals surface area contributed by atoms with E-state index in [9.17, 15) is 4.79 Å². The highest BCUT2D eigenvalue weighted by molar-refractivity contribution is 5.91. The van der Waals surface area contributed by atoms with Crippen LogP contribution in [0.4, 0.5) is 10.5 Å². The van der Waals surface area contributed by atoms with Crippen molar-refractivity contribution in [3.63, 3.8) is 0 Å². The zero-order valence-electron chi connectivity index (χ0n) is 13.1. The number of carbonyl (C=O) groups is 1. The molecule has 2 aromatic carbocycles. The van der Waals surface area contributed by atoms with Gasteiger partial charge in [0.25, 0.3) is 0 Å². The number of ether oxygens (including phenoxy) is 1. The van der Waals surface area contributed by atoms with Crippen LogP contribution in [0.5, 0.6) is 5.75 Å². The number of anilines is 1. The Morgan fingerprint density at radius 1 is 1.09 bits per heavy atom. The molecular formula is C18H22N2O2. The second-order valence-electron chi connectivity index (χ2n) is 5.01. The Labute approximate surface area is 131 Å². The molecule has 0 aromatic heterocycles. The van der Waals surface area contributed by atoms with E-state index in [1.165, 1.54) is 0 Å². The monoisotopic (exact) mass is 298 g/mol. The SMILES string of the molecule is CCc1cccc(C)c1NC(=O)NCCOc1ccccc1. The van der Waals surface area contributed by atoms with Crippen molar-refractivity contribution in [2.24, 2.45) is 0 Å². The van der Waals surface area contributed by atoms with Crippen LogP contribution in [0.25, 0.3) is 0 Å². The quantitative estimate of drug-likeness (QED) is 0.798. The second kappa shape index (κ2) is 8.08. The first-order valence-corrected chi connectivity index (χ1v) is 7.52. The number of benzene rings is 2. The van der Waals surface area contributed by atoms with Crippen molar-refractivity contribution in [2.45, 2.75) is 20.3 Å². The predicted octanol–water partition coefficient (Wildman–Crippen LogP) is 3.76. The maximum Gasteiger partial charge on any atom is 0.319 e. The third-order valence-corrected chi connectivity index (χ3v) is 3.38. The normalized spacial score (nSPS) is 10.1. The second-order valence-corrected chi connectivity index (χ2v) is 5.01. The molecule has 2 rings (SSSR count). The minimum Gasteiger partial charge on any atom is -0.492 e. The predicted molar refractivity (Wildman–Crippen MR) is 89.5 cm³/mol. The molecule has 2 amide bonds. The Morgan fingerprint density at radius 3 is 2.59 bits per heavy atom. The first-order chi connectivity index (χ1) is 10.7. The fourth-order valence-corrected chi connectivity index (χ4v) is 2.21. The van der Waals surface area contributed by atoms with E-state index in [0.29, 0.717) is 13.2 Å². The largest absolute Gasteiger partial charge is 0.492 e. The number of para-hydroxylation sites is 2. The molecule has 0 heterocycles. The lowest BCUT2D eigenvalue weighted by atomic mass is 10.1. The van der Waals surface area contributed by atoms with Crippen LogP contribution in [0, 0.1) is 6.92 Å². The molecule has 22 heavy (non-hydrogen) atoms. The average Bonchev–Trinajstić information content (AvgIpc) is 2.54. The van der Waals surface area contributed by atoms with Gasteiger partial charge in [0.15, 0.2) is 0 Å². The third-order valence-electron chi connectivity index (χ3n) is 3.38. The highest BCUT2D eigenvalue weighted by Crippen LogP contribution is 2.20. The van der Waals surface area contributed by atoms with Gasteiger partial charge >= 0.3 is 6.03 Å². The lowest BCUT2D eigenvalue weighted by Gasteiger charge is -2.14. The summed E-state index contributed by atoms with van der Waals surface area (Å²) in [5.74, 6) is 0.803. The third kappa shape index (κ3) is 4.52. The van der Waals surface area contributed by atoms with Crippen molar-refractivity contribution in [1.29, 1.82) is 0 Å². The van der Waals surface area contributed by atoms with Gasteiger partial charge in [-0.1, -0.05) is 43.3 Å². The Bertz CT molecular complexity index is 612. The molecule has 4 heteroatoms. The van der Waals surface area contributed by atoms with Crippen LogP contribution < -0.4 is 15.4 Å². The molecule has 116 valence electrons.